The zero-order valence-corrected chi connectivity index (χ0v) is 11.2. The minimum absolute atomic E-state index is 0. The Bertz CT molecular complexity index is 579. The Hall–Kier alpha value is -1.51. The number of carbonyl (C=O) groups is 1. The molecule has 100 valence electrons. The highest BCUT2D eigenvalue weighted by Crippen LogP contribution is 2.28. The number of rotatable bonds is 2. The number of hydrogen-bond acceptors (Lipinski definition) is 1. The van der Waals surface area contributed by atoms with Crippen LogP contribution < -0.4 is 5.32 Å². The fourth-order valence-electron chi connectivity index (χ4n) is 1.63. The molecular weight excluding hydrogens is 281 g/mol. The highest BCUT2D eigenvalue weighted by Gasteiger charge is 2.05. The molecule has 0 saturated heterocycles. The zero-order valence-electron chi connectivity index (χ0n) is 9.71. The van der Waals surface area contributed by atoms with E-state index in [9.17, 15) is 4.79 Å². The number of amides is 1. The van der Waals surface area contributed by atoms with Gasteiger partial charge in [-0.15, -0.1) is 0 Å². The number of hydrogen-bond donors (Lipinski definition) is 1. The normalized spacial score (nSPS) is 9.63. The van der Waals surface area contributed by atoms with Gasteiger partial charge in [-0.25, -0.2) is 0 Å². The Balaban J connectivity index is 0.00000180. The van der Waals surface area contributed by atoms with E-state index in [2.05, 4.69) is 5.32 Å². The number of carbonyl (C=O) groups excluding carboxylic acids is 1. The molecule has 0 heterocycles. The first-order chi connectivity index (χ1) is 8.61. The van der Waals surface area contributed by atoms with Crippen molar-refractivity contribution >= 4 is 29.1 Å². The third-order valence-corrected chi connectivity index (χ3v) is 3.37. The van der Waals surface area contributed by atoms with Gasteiger partial charge in [0.2, 0.25) is 0 Å². The van der Waals surface area contributed by atoms with Crippen molar-refractivity contribution in [3.05, 3.63) is 58.1 Å². The molecule has 1 N–H and O–H groups in total. The van der Waals surface area contributed by atoms with Gasteiger partial charge in [-0.2, -0.15) is 0 Å². The summed E-state index contributed by atoms with van der Waals surface area (Å²) >= 11 is 11.8. The van der Waals surface area contributed by atoms with E-state index in [1.165, 1.54) is 0 Å². The van der Waals surface area contributed by atoms with Crippen LogP contribution in [0.15, 0.2) is 42.5 Å². The van der Waals surface area contributed by atoms with E-state index in [0.717, 1.165) is 11.1 Å². The molecule has 0 fully saturated rings. The Morgan fingerprint density at radius 2 is 1.53 bits per heavy atom. The summed E-state index contributed by atoms with van der Waals surface area (Å²) in [6, 6.07) is 12.8. The molecular formula is C15H15Cl2NO. The molecule has 0 aliphatic heterocycles. The van der Waals surface area contributed by atoms with Gasteiger partial charge in [0.05, 0.1) is 10.0 Å². The fraction of sp³-hybridized carbons (Fsp3) is 0.133. The van der Waals surface area contributed by atoms with Crippen molar-refractivity contribution in [3.8, 4) is 11.1 Å². The van der Waals surface area contributed by atoms with Crippen molar-refractivity contribution in [1.82, 2.24) is 5.32 Å². The highest BCUT2D eigenvalue weighted by molar-refractivity contribution is 6.42. The van der Waals surface area contributed by atoms with E-state index in [-0.39, 0.29) is 13.3 Å². The molecule has 0 radical (unpaired) electrons. The first-order valence-corrected chi connectivity index (χ1v) is 6.15. The second-order valence-corrected chi connectivity index (χ2v) is 4.60. The van der Waals surface area contributed by atoms with Gasteiger partial charge >= 0.3 is 0 Å². The van der Waals surface area contributed by atoms with Crippen molar-refractivity contribution in [3.63, 3.8) is 0 Å². The molecule has 0 aromatic heterocycles. The highest BCUT2D eigenvalue weighted by atomic mass is 35.5. The third-order valence-electron chi connectivity index (χ3n) is 2.63. The quantitative estimate of drug-likeness (QED) is 0.858. The first-order valence-electron chi connectivity index (χ1n) is 5.39. The summed E-state index contributed by atoms with van der Waals surface area (Å²) in [7, 11) is 1.61. The Kier molecular flexibility index (Phi) is 5.40. The maximum absolute atomic E-state index is 11.4. The summed E-state index contributed by atoms with van der Waals surface area (Å²) in [5.41, 5.74) is 2.58. The number of halogens is 2. The van der Waals surface area contributed by atoms with Crippen molar-refractivity contribution in [2.24, 2.45) is 0 Å². The molecule has 0 bridgehead atoms. The molecule has 0 aliphatic carbocycles. The summed E-state index contributed by atoms with van der Waals surface area (Å²) in [5.74, 6) is -0.101. The van der Waals surface area contributed by atoms with E-state index >= 15 is 0 Å². The van der Waals surface area contributed by atoms with Crippen LogP contribution in [0.4, 0.5) is 0 Å². The monoisotopic (exact) mass is 295 g/mol. The predicted octanol–water partition coefficient (Wildman–Crippen LogP) is 4.66. The lowest BCUT2D eigenvalue weighted by molar-refractivity contribution is 0.0963. The molecule has 2 aromatic rings. The lowest BCUT2D eigenvalue weighted by Crippen LogP contribution is -2.17. The summed E-state index contributed by atoms with van der Waals surface area (Å²) < 4.78 is 0. The van der Waals surface area contributed by atoms with Crippen molar-refractivity contribution < 1.29 is 4.79 Å². The Morgan fingerprint density at radius 1 is 0.947 bits per heavy atom. The fourth-order valence-corrected chi connectivity index (χ4v) is 1.93. The minimum Gasteiger partial charge on any atom is -0.355 e. The van der Waals surface area contributed by atoms with E-state index < -0.39 is 0 Å². The van der Waals surface area contributed by atoms with Gasteiger partial charge in [-0.1, -0.05) is 48.8 Å². The van der Waals surface area contributed by atoms with E-state index in [0.29, 0.717) is 15.6 Å². The van der Waals surface area contributed by atoms with Crippen LogP contribution in [0.3, 0.4) is 0 Å². The Morgan fingerprint density at radius 3 is 2.05 bits per heavy atom. The van der Waals surface area contributed by atoms with Crippen molar-refractivity contribution in [2.45, 2.75) is 7.43 Å². The van der Waals surface area contributed by atoms with Crippen LogP contribution in [-0.4, -0.2) is 13.0 Å². The van der Waals surface area contributed by atoms with Crippen LogP contribution in [0.1, 0.15) is 17.8 Å². The second-order valence-electron chi connectivity index (χ2n) is 3.79. The Labute approximate surface area is 123 Å². The minimum atomic E-state index is -0.101. The molecule has 0 unspecified atom stereocenters. The van der Waals surface area contributed by atoms with Crippen LogP contribution in [-0.2, 0) is 0 Å². The SMILES string of the molecule is C.CNC(=O)c1ccc(-c2ccc(Cl)c(Cl)c2)cc1. The molecule has 0 spiro atoms. The molecule has 2 rings (SSSR count). The van der Waals surface area contributed by atoms with Gasteiger partial charge in [0.15, 0.2) is 0 Å². The van der Waals surface area contributed by atoms with Gasteiger partial charge in [0.25, 0.3) is 5.91 Å². The van der Waals surface area contributed by atoms with Crippen LogP contribution in [0.5, 0.6) is 0 Å². The predicted molar refractivity (Wildman–Crippen MR) is 82.0 cm³/mol. The molecule has 2 nitrogen and oxygen atoms in total. The second kappa shape index (κ2) is 6.60. The van der Waals surface area contributed by atoms with Crippen molar-refractivity contribution in [1.29, 1.82) is 0 Å². The smallest absolute Gasteiger partial charge is 0.251 e. The molecule has 2 aromatic carbocycles. The molecule has 0 atom stereocenters. The van der Waals surface area contributed by atoms with Crippen LogP contribution in [0, 0.1) is 0 Å². The van der Waals surface area contributed by atoms with Gasteiger partial charge in [-0.05, 0) is 35.4 Å². The zero-order chi connectivity index (χ0) is 13.1. The van der Waals surface area contributed by atoms with Gasteiger partial charge in [-0.3, -0.25) is 4.79 Å². The molecule has 0 aliphatic rings. The molecule has 19 heavy (non-hydrogen) atoms. The molecule has 1 amide bonds. The topological polar surface area (TPSA) is 29.1 Å². The first kappa shape index (κ1) is 15.5. The van der Waals surface area contributed by atoms with E-state index in [1.54, 1.807) is 31.3 Å². The summed E-state index contributed by atoms with van der Waals surface area (Å²) in [6.07, 6.45) is 0. The number of nitrogens with one attached hydrogen (secondary N) is 1. The summed E-state index contributed by atoms with van der Waals surface area (Å²) in [4.78, 5) is 11.4. The van der Waals surface area contributed by atoms with Crippen LogP contribution in [0.25, 0.3) is 11.1 Å². The van der Waals surface area contributed by atoms with E-state index in [4.69, 9.17) is 23.2 Å². The summed E-state index contributed by atoms with van der Waals surface area (Å²) in [6.45, 7) is 0. The summed E-state index contributed by atoms with van der Waals surface area (Å²) in [5, 5.41) is 3.63. The standard InChI is InChI=1S/C14H11Cl2NO.CH4/c1-17-14(18)10-4-2-9(3-5-10)11-6-7-12(15)13(16)8-11;/h2-8H,1H3,(H,17,18);1H4. The number of benzene rings is 2. The van der Waals surface area contributed by atoms with Crippen molar-refractivity contribution in [2.75, 3.05) is 7.05 Å². The lowest BCUT2D eigenvalue weighted by atomic mass is 10.0. The average molecular weight is 296 g/mol. The third kappa shape index (κ3) is 3.49. The largest absolute Gasteiger partial charge is 0.355 e. The maximum Gasteiger partial charge on any atom is 0.251 e. The van der Waals surface area contributed by atoms with E-state index in [1.807, 2.05) is 18.2 Å². The molecule has 0 saturated carbocycles. The lowest BCUT2D eigenvalue weighted by Gasteiger charge is -2.05. The van der Waals surface area contributed by atoms with Gasteiger partial charge in [0, 0.05) is 12.6 Å². The average Bonchev–Trinajstić information content (AvgIpc) is 2.41. The van der Waals surface area contributed by atoms with Crippen LogP contribution in [0.2, 0.25) is 10.0 Å². The maximum atomic E-state index is 11.4. The van der Waals surface area contributed by atoms with Crippen LogP contribution >= 0.6 is 23.2 Å². The molecule has 4 heteroatoms. The van der Waals surface area contributed by atoms with Gasteiger partial charge < -0.3 is 5.32 Å². The van der Waals surface area contributed by atoms with Gasteiger partial charge in [0.1, 0.15) is 0 Å².